The van der Waals surface area contributed by atoms with Crippen LogP contribution in [0.5, 0.6) is 0 Å². The Morgan fingerprint density at radius 1 is 1.29 bits per heavy atom. The topological polar surface area (TPSA) is 85.1 Å². The second-order valence-corrected chi connectivity index (χ2v) is 7.90. The molecular formula is C12H10Br2ClN3O2S. The van der Waals surface area contributed by atoms with Crippen LogP contribution < -0.4 is 10.5 Å². The highest BCUT2D eigenvalue weighted by atomic mass is 79.9. The lowest BCUT2D eigenvalue weighted by Gasteiger charge is -2.14. The summed E-state index contributed by atoms with van der Waals surface area (Å²) in [7, 11) is -3.86. The van der Waals surface area contributed by atoms with Gasteiger partial charge in [-0.25, -0.2) is 13.4 Å². The van der Waals surface area contributed by atoms with Gasteiger partial charge in [0.05, 0.1) is 5.69 Å². The highest BCUT2D eigenvalue weighted by Gasteiger charge is 2.23. The van der Waals surface area contributed by atoms with Crippen molar-refractivity contribution in [3.8, 4) is 0 Å². The molecule has 2 aromatic rings. The molecule has 0 aliphatic heterocycles. The van der Waals surface area contributed by atoms with Crippen LogP contribution in [0.15, 0.2) is 38.2 Å². The maximum absolute atomic E-state index is 12.6. The van der Waals surface area contributed by atoms with E-state index in [1.807, 2.05) is 0 Å². The van der Waals surface area contributed by atoms with Gasteiger partial charge < -0.3 is 5.73 Å². The molecule has 0 aliphatic rings. The molecule has 3 N–H and O–H groups in total. The smallest absolute Gasteiger partial charge is 0.264 e. The fraction of sp³-hybridized carbons (Fsp3) is 0.0833. The first-order valence-electron chi connectivity index (χ1n) is 5.61. The van der Waals surface area contributed by atoms with E-state index < -0.39 is 10.0 Å². The zero-order valence-corrected chi connectivity index (χ0v) is 15.4. The Kier molecular flexibility index (Phi) is 4.82. The number of nitrogens with two attached hydrogens (primary N) is 1. The van der Waals surface area contributed by atoms with E-state index in [0.29, 0.717) is 20.2 Å². The summed E-state index contributed by atoms with van der Waals surface area (Å²) < 4.78 is 28.3. The Morgan fingerprint density at radius 3 is 2.38 bits per heavy atom. The predicted octanol–water partition coefficient (Wildman–Crippen LogP) is 3.95. The minimum absolute atomic E-state index is 0.0380. The Bertz CT molecular complexity index is 769. The fourth-order valence-electron chi connectivity index (χ4n) is 1.67. The number of nitrogens with one attached hydrogen (secondary N) is 1. The van der Waals surface area contributed by atoms with Crippen molar-refractivity contribution < 1.29 is 8.42 Å². The van der Waals surface area contributed by atoms with Crippen molar-refractivity contribution in [2.75, 3.05) is 10.5 Å². The first kappa shape index (κ1) is 16.5. The lowest BCUT2D eigenvalue weighted by atomic mass is 10.3. The summed E-state index contributed by atoms with van der Waals surface area (Å²) in [6.45, 7) is 1.73. The van der Waals surface area contributed by atoms with Gasteiger partial charge in [-0.3, -0.25) is 4.72 Å². The Balaban J connectivity index is 2.54. The van der Waals surface area contributed by atoms with E-state index >= 15 is 0 Å². The molecule has 21 heavy (non-hydrogen) atoms. The number of anilines is 2. The molecule has 0 fully saturated rings. The van der Waals surface area contributed by atoms with Gasteiger partial charge in [-0.15, -0.1) is 0 Å². The van der Waals surface area contributed by atoms with Gasteiger partial charge in [0.1, 0.15) is 4.90 Å². The molecule has 1 heterocycles. The average Bonchev–Trinajstić information content (AvgIpc) is 2.32. The maximum Gasteiger partial charge on any atom is 0.264 e. The van der Waals surface area contributed by atoms with Crippen LogP contribution in [-0.4, -0.2) is 13.4 Å². The summed E-state index contributed by atoms with van der Waals surface area (Å²) in [5.74, 6) is 0. The van der Waals surface area contributed by atoms with Crippen molar-refractivity contribution in [1.82, 2.24) is 4.98 Å². The highest BCUT2D eigenvalue weighted by Crippen LogP contribution is 2.35. The largest absolute Gasteiger partial charge is 0.399 e. The van der Waals surface area contributed by atoms with Gasteiger partial charge in [0.25, 0.3) is 10.0 Å². The van der Waals surface area contributed by atoms with Crippen molar-refractivity contribution in [3.63, 3.8) is 0 Å². The highest BCUT2D eigenvalue weighted by molar-refractivity contribution is 9.11. The summed E-state index contributed by atoms with van der Waals surface area (Å²) >= 11 is 12.4. The number of halogens is 3. The van der Waals surface area contributed by atoms with E-state index in [9.17, 15) is 8.42 Å². The number of pyridine rings is 1. The number of aryl methyl sites for hydroxylation is 1. The van der Waals surface area contributed by atoms with Gasteiger partial charge >= 0.3 is 0 Å². The van der Waals surface area contributed by atoms with Gasteiger partial charge in [-0.05, 0) is 62.5 Å². The van der Waals surface area contributed by atoms with E-state index in [0.717, 1.165) is 0 Å². The molecule has 0 bridgehead atoms. The standard InChI is InChI=1S/C12H10Br2ClN3O2S/c1-6-2-3-17-12(15)10(6)18-21(19,20)11-8(13)4-7(16)5-9(11)14/h2-5,18H,16H2,1H3. The van der Waals surface area contributed by atoms with E-state index in [-0.39, 0.29) is 15.7 Å². The lowest BCUT2D eigenvalue weighted by molar-refractivity contribution is 0.600. The van der Waals surface area contributed by atoms with Crippen molar-refractivity contribution in [2.24, 2.45) is 0 Å². The normalized spacial score (nSPS) is 11.4. The third-order valence-corrected chi connectivity index (χ3v) is 6.15. The van der Waals surface area contributed by atoms with Crippen molar-refractivity contribution in [3.05, 3.63) is 44.1 Å². The minimum atomic E-state index is -3.86. The third-order valence-electron chi connectivity index (χ3n) is 2.64. The lowest BCUT2D eigenvalue weighted by Crippen LogP contribution is -2.16. The van der Waals surface area contributed by atoms with Crippen LogP contribution in [0.3, 0.4) is 0 Å². The molecule has 0 spiro atoms. The Labute approximate surface area is 144 Å². The van der Waals surface area contributed by atoms with Gasteiger partial charge in [0, 0.05) is 20.8 Å². The van der Waals surface area contributed by atoms with Crippen molar-refractivity contribution >= 4 is 64.9 Å². The predicted molar refractivity (Wildman–Crippen MR) is 91.0 cm³/mol. The first-order chi connectivity index (χ1) is 9.72. The third kappa shape index (κ3) is 3.50. The Morgan fingerprint density at radius 2 is 1.86 bits per heavy atom. The quantitative estimate of drug-likeness (QED) is 0.542. The Hall–Kier alpha value is -0.830. The molecule has 1 aromatic carbocycles. The summed E-state index contributed by atoms with van der Waals surface area (Å²) in [6, 6.07) is 4.69. The van der Waals surface area contributed by atoms with Gasteiger partial charge in [0.2, 0.25) is 0 Å². The summed E-state index contributed by atoms with van der Waals surface area (Å²) in [6.07, 6.45) is 1.50. The number of sulfonamides is 1. The monoisotopic (exact) mass is 453 g/mol. The number of hydrogen-bond acceptors (Lipinski definition) is 4. The number of nitrogen functional groups attached to an aromatic ring is 1. The molecule has 0 unspecified atom stereocenters. The summed E-state index contributed by atoms with van der Waals surface area (Å²) in [5.41, 5.74) is 7.01. The van der Waals surface area contributed by atoms with Crippen LogP contribution in [0.1, 0.15) is 5.56 Å². The molecule has 1 aromatic heterocycles. The molecular weight excluding hydrogens is 445 g/mol. The molecule has 112 valence electrons. The van der Waals surface area contributed by atoms with Crippen LogP contribution in [0.2, 0.25) is 5.15 Å². The molecule has 9 heteroatoms. The van der Waals surface area contributed by atoms with Crippen LogP contribution >= 0.6 is 43.5 Å². The van der Waals surface area contributed by atoms with Crippen molar-refractivity contribution in [1.29, 1.82) is 0 Å². The zero-order chi connectivity index (χ0) is 15.8. The van der Waals surface area contributed by atoms with Crippen LogP contribution in [0.4, 0.5) is 11.4 Å². The van der Waals surface area contributed by atoms with Gasteiger partial charge in [-0.2, -0.15) is 0 Å². The van der Waals surface area contributed by atoms with Crippen LogP contribution in [-0.2, 0) is 10.0 Å². The SMILES string of the molecule is Cc1ccnc(Cl)c1NS(=O)(=O)c1c(Br)cc(N)cc1Br. The number of aromatic nitrogens is 1. The first-order valence-corrected chi connectivity index (χ1v) is 9.05. The maximum atomic E-state index is 12.6. The van der Waals surface area contributed by atoms with E-state index in [1.54, 1.807) is 13.0 Å². The minimum Gasteiger partial charge on any atom is -0.399 e. The summed E-state index contributed by atoms with van der Waals surface area (Å²) in [5, 5.41) is 0.0845. The molecule has 0 amide bonds. The molecule has 2 rings (SSSR count). The van der Waals surface area contributed by atoms with Crippen LogP contribution in [0, 0.1) is 6.92 Å². The molecule has 0 saturated heterocycles. The molecule has 0 atom stereocenters. The van der Waals surface area contributed by atoms with Gasteiger partial charge in [0.15, 0.2) is 5.15 Å². The zero-order valence-electron chi connectivity index (χ0n) is 10.7. The number of nitrogens with zero attached hydrogens (tertiary/aromatic N) is 1. The fourth-order valence-corrected chi connectivity index (χ4v) is 5.74. The van der Waals surface area contributed by atoms with E-state index in [1.165, 1.54) is 18.3 Å². The molecule has 0 radical (unpaired) electrons. The average molecular weight is 456 g/mol. The molecule has 0 saturated carbocycles. The number of hydrogen-bond donors (Lipinski definition) is 2. The van der Waals surface area contributed by atoms with E-state index in [4.69, 9.17) is 17.3 Å². The van der Waals surface area contributed by atoms with E-state index in [2.05, 4.69) is 41.6 Å². The number of rotatable bonds is 3. The summed E-state index contributed by atoms with van der Waals surface area (Å²) in [4.78, 5) is 3.91. The van der Waals surface area contributed by atoms with Crippen molar-refractivity contribution in [2.45, 2.75) is 11.8 Å². The molecule has 5 nitrogen and oxygen atoms in total. The van der Waals surface area contributed by atoms with Crippen LogP contribution in [0.25, 0.3) is 0 Å². The number of benzene rings is 1. The molecule has 0 aliphatic carbocycles. The second-order valence-electron chi connectivity index (χ2n) is 4.21. The second kappa shape index (κ2) is 6.12. The van der Waals surface area contributed by atoms with Gasteiger partial charge in [-0.1, -0.05) is 11.6 Å².